The maximum Gasteiger partial charge on any atom is 0.211 e. The lowest BCUT2D eigenvalue weighted by Crippen LogP contribution is -2.37. The minimum Gasteiger partial charge on any atom is -0.354 e. The Morgan fingerprint density at radius 3 is 1.98 bits per heavy atom. The number of nitrogens with zero attached hydrogens (tertiary/aromatic N) is 1. The maximum absolute atomic E-state index is 4.06. The first kappa shape index (κ1) is 34.2. The lowest BCUT2D eigenvalue weighted by Gasteiger charge is -2.43. The van der Waals surface area contributed by atoms with Crippen LogP contribution in [0.4, 0.5) is 11.4 Å². The zero-order chi connectivity index (χ0) is 39.1. The Balaban J connectivity index is 1.17. The standard InChI is InChI=1S/C54H45BN2S/c1-32-29-37(35-22-16-24-40-48(35)56-43-25-14-13-23-39(43)54(40,33-17-8-6-9-18-33)34-19-10-7-11-20-34)47-50-46(32)36-21-12-15-26-44(36)57(50)49-38-30-41-42(31-45(38)58-51(49)55-47)53(4,5)28-27-52(41,2)3/h6-26,29-31,55-56H,27-28H2,1-5H3. The van der Waals surface area contributed by atoms with E-state index >= 15 is 0 Å². The molecule has 0 radical (unpaired) electrons. The molecular weight excluding hydrogens is 719 g/mol. The molecule has 2 aromatic heterocycles. The first-order valence-electron chi connectivity index (χ1n) is 20.9. The summed E-state index contributed by atoms with van der Waals surface area (Å²) in [7, 11) is 0.900. The molecule has 2 nitrogen and oxygen atoms in total. The van der Waals surface area contributed by atoms with Crippen LogP contribution in [0.15, 0.2) is 146 Å². The van der Waals surface area contributed by atoms with Gasteiger partial charge in [-0.15, -0.1) is 11.3 Å². The lowest BCUT2D eigenvalue weighted by molar-refractivity contribution is 0.332. The molecule has 0 unspecified atom stereocenters. The molecule has 2 aliphatic heterocycles. The molecule has 9 aromatic rings. The molecule has 0 amide bonds. The van der Waals surface area contributed by atoms with Crippen LogP contribution < -0.4 is 15.6 Å². The number of aryl methyl sites for hydroxylation is 1. The van der Waals surface area contributed by atoms with Crippen molar-refractivity contribution in [2.45, 2.75) is 63.7 Å². The molecule has 0 spiro atoms. The van der Waals surface area contributed by atoms with E-state index in [-0.39, 0.29) is 10.8 Å². The summed E-state index contributed by atoms with van der Waals surface area (Å²) in [6.07, 6.45) is 2.43. The molecule has 0 saturated carbocycles. The van der Waals surface area contributed by atoms with Gasteiger partial charge in [-0.05, 0) is 110 Å². The third kappa shape index (κ3) is 4.45. The van der Waals surface area contributed by atoms with Crippen LogP contribution in [0, 0.1) is 6.92 Å². The van der Waals surface area contributed by atoms with Crippen molar-refractivity contribution in [2.24, 2.45) is 0 Å². The molecule has 0 fully saturated rings. The highest BCUT2D eigenvalue weighted by Gasteiger charge is 2.45. The summed E-state index contributed by atoms with van der Waals surface area (Å²) in [6.45, 7) is 12.1. The number of hydrogen-bond donors (Lipinski definition) is 1. The van der Waals surface area contributed by atoms with E-state index in [1.807, 2.05) is 11.3 Å². The number of anilines is 2. The van der Waals surface area contributed by atoms with Crippen LogP contribution in [-0.2, 0) is 16.2 Å². The minimum absolute atomic E-state index is 0.144. The Bertz CT molecular complexity index is 3140. The summed E-state index contributed by atoms with van der Waals surface area (Å²) >= 11 is 2.02. The highest BCUT2D eigenvalue weighted by atomic mass is 32.1. The number of para-hydroxylation sites is 3. The zero-order valence-corrected chi connectivity index (χ0v) is 34.6. The summed E-state index contributed by atoms with van der Waals surface area (Å²) in [5.41, 5.74) is 19.7. The molecule has 4 heterocycles. The Morgan fingerprint density at radius 2 is 1.24 bits per heavy atom. The SMILES string of the molecule is Cc1cc(-c2cccc3c2Nc2ccccc2C3(c2ccccc2)c2ccccc2)c2c3c1c1ccccc1n3-c1c(sc3cc4c(cc13)C(C)(C)CCC4(C)C)B2. The highest BCUT2D eigenvalue weighted by molar-refractivity contribution is 7.29. The second kappa shape index (κ2) is 11.9. The van der Waals surface area contributed by atoms with E-state index in [2.05, 4.69) is 190 Å². The Morgan fingerprint density at radius 1 is 0.603 bits per heavy atom. The molecule has 3 aliphatic rings. The van der Waals surface area contributed by atoms with Gasteiger partial charge < -0.3 is 9.88 Å². The first-order chi connectivity index (χ1) is 28.2. The van der Waals surface area contributed by atoms with Crippen LogP contribution in [0.3, 0.4) is 0 Å². The van der Waals surface area contributed by atoms with Crippen LogP contribution >= 0.6 is 11.3 Å². The van der Waals surface area contributed by atoms with Gasteiger partial charge in [-0.25, -0.2) is 0 Å². The largest absolute Gasteiger partial charge is 0.354 e. The second-order valence-corrected chi connectivity index (χ2v) is 19.5. The summed E-state index contributed by atoms with van der Waals surface area (Å²) < 4.78 is 5.54. The molecule has 12 rings (SSSR count). The Kier molecular flexibility index (Phi) is 7.00. The maximum atomic E-state index is 4.06. The van der Waals surface area contributed by atoms with Gasteiger partial charge >= 0.3 is 0 Å². The van der Waals surface area contributed by atoms with E-state index in [9.17, 15) is 0 Å². The number of benzene rings is 7. The van der Waals surface area contributed by atoms with Gasteiger partial charge in [0.15, 0.2) is 0 Å². The van der Waals surface area contributed by atoms with Crippen LogP contribution in [0.5, 0.6) is 0 Å². The van der Waals surface area contributed by atoms with Crippen LogP contribution in [-0.4, -0.2) is 11.8 Å². The molecule has 0 bridgehead atoms. The Hall–Kier alpha value is -5.84. The zero-order valence-electron chi connectivity index (χ0n) is 33.8. The normalized spacial score (nSPS) is 16.6. The van der Waals surface area contributed by atoms with Gasteiger partial charge in [0.2, 0.25) is 7.28 Å². The van der Waals surface area contributed by atoms with Crippen molar-refractivity contribution in [3.63, 3.8) is 0 Å². The molecular formula is C54H45BN2S. The number of hydrogen-bond acceptors (Lipinski definition) is 2. The van der Waals surface area contributed by atoms with Gasteiger partial charge in [-0.3, -0.25) is 0 Å². The Labute approximate surface area is 345 Å². The van der Waals surface area contributed by atoms with Crippen molar-refractivity contribution in [2.75, 3.05) is 5.32 Å². The van der Waals surface area contributed by atoms with E-state index in [1.54, 1.807) is 0 Å². The predicted molar refractivity (Wildman–Crippen MR) is 250 cm³/mol. The fourth-order valence-electron chi connectivity index (χ4n) is 11.4. The first-order valence-corrected chi connectivity index (χ1v) is 21.8. The average Bonchev–Trinajstić information content (AvgIpc) is 3.79. The van der Waals surface area contributed by atoms with E-state index in [1.165, 1.54) is 116 Å². The van der Waals surface area contributed by atoms with E-state index in [0.717, 1.165) is 13.0 Å². The summed E-state index contributed by atoms with van der Waals surface area (Å²) in [4.78, 5) is 0. The molecule has 58 heavy (non-hydrogen) atoms. The number of rotatable bonds is 3. The van der Waals surface area contributed by atoms with Gasteiger partial charge in [-0.2, -0.15) is 0 Å². The quantitative estimate of drug-likeness (QED) is 0.177. The van der Waals surface area contributed by atoms with Gasteiger partial charge in [0.05, 0.1) is 22.3 Å². The third-order valence-electron chi connectivity index (χ3n) is 14.3. The van der Waals surface area contributed by atoms with Gasteiger partial charge in [0.25, 0.3) is 0 Å². The molecule has 0 saturated heterocycles. The fourth-order valence-corrected chi connectivity index (χ4v) is 12.6. The molecule has 1 aliphatic carbocycles. The smallest absolute Gasteiger partial charge is 0.211 e. The molecule has 7 aromatic carbocycles. The summed E-state index contributed by atoms with van der Waals surface area (Å²) in [5, 5.41) is 8.19. The van der Waals surface area contributed by atoms with Gasteiger partial charge in [-0.1, -0.05) is 149 Å². The van der Waals surface area contributed by atoms with Crippen molar-refractivity contribution in [3.8, 4) is 16.8 Å². The fraction of sp³-hybridized carbons (Fsp3) is 0.185. The van der Waals surface area contributed by atoms with Gasteiger partial charge in [0.1, 0.15) is 0 Å². The van der Waals surface area contributed by atoms with Crippen molar-refractivity contribution in [3.05, 3.63) is 185 Å². The lowest BCUT2D eigenvalue weighted by atomic mass is 9.60. The van der Waals surface area contributed by atoms with Crippen LogP contribution in [0.25, 0.3) is 48.7 Å². The molecule has 4 heteroatoms. The highest BCUT2D eigenvalue weighted by Crippen LogP contribution is 2.56. The molecule has 1 N–H and O–H groups in total. The van der Waals surface area contributed by atoms with Crippen LogP contribution in [0.2, 0.25) is 0 Å². The number of aromatic nitrogens is 1. The molecule has 0 atom stereocenters. The topological polar surface area (TPSA) is 17.0 Å². The van der Waals surface area contributed by atoms with Crippen molar-refractivity contribution in [1.82, 2.24) is 4.57 Å². The third-order valence-corrected chi connectivity index (χ3v) is 15.4. The average molecular weight is 765 g/mol. The second-order valence-electron chi connectivity index (χ2n) is 18.4. The van der Waals surface area contributed by atoms with Crippen LogP contribution in [0.1, 0.15) is 79.5 Å². The van der Waals surface area contributed by atoms with E-state index in [0.29, 0.717) is 0 Å². The predicted octanol–water partition coefficient (Wildman–Crippen LogP) is 12.5. The number of fused-ring (bicyclic) bond motifs is 10. The van der Waals surface area contributed by atoms with Crippen molar-refractivity contribution < 1.29 is 0 Å². The monoisotopic (exact) mass is 764 g/mol. The minimum atomic E-state index is -0.514. The number of thiophene rings is 1. The van der Waals surface area contributed by atoms with Gasteiger partial charge in [0, 0.05) is 37.6 Å². The molecule has 280 valence electrons. The summed E-state index contributed by atoms with van der Waals surface area (Å²) in [5.74, 6) is 0. The number of nitrogens with one attached hydrogen (secondary N) is 1. The van der Waals surface area contributed by atoms with Crippen molar-refractivity contribution >= 4 is 72.1 Å². The summed E-state index contributed by atoms with van der Waals surface area (Å²) in [6, 6.07) is 55.1. The van der Waals surface area contributed by atoms with Crippen molar-refractivity contribution in [1.29, 1.82) is 0 Å². The van der Waals surface area contributed by atoms with E-state index < -0.39 is 5.41 Å². The van der Waals surface area contributed by atoms with E-state index in [4.69, 9.17) is 0 Å².